The number of pyridine rings is 2. The van der Waals surface area contributed by atoms with Crippen molar-refractivity contribution in [2.45, 2.75) is 19.5 Å². The molecule has 5 nitrogen and oxygen atoms in total. The molecule has 5 heteroatoms. The number of aromatic nitrogens is 2. The third-order valence-corrected chi connectivity index (χ3v) is 5.12. The number of nitrogens with one attached hydrogen (secondary N) is 2. The summed E-state index contributed by atoms with van der Waals surface area (Å²) >= 11 is 0. The summed E-state index contributed by atoms with van der Waals surface area (Å²) in [6.07, 6.45) is 5.26. The number of anilines is 1. The highest BCUT2D eigenvalue weighted by Crippen LogP contribution is 2.23. The number of rotatable bonds is 7. The number of hydrogen-bond acceptors (Lipinski definition) is 4. The van der Waals surface area contributed by atoms with Crippen molar-refractivity contribution < 1.29 is 4.79 Å². The van der Waals surface area contributed by atoms with Gasteiger partial charge in [-0.15, -0.1) is 0 Å². The Bertz CT molecular complexity index is 1090. The van der Waals surface area contributed by atoms with Gasteiger partial charge in [0, 0.05) is 29.8 Å². The summed E-state index contributed by atoms with van der Waals surface area (Å²) in [4.78, 5) is 21.5. The number of carbonyl (C=O) groups excluding carboxylic acids is 1. The summed E-state index contributed by atoms with van der Waals surface area (Å²) in [5.41, 5.74) is 5.58. The van der Waals surface area contributed by atoms with Crippen LogP contribution in [0.1, 0.15) is 38.8 Å². The molecule has 0 saturated heterocycles. The monoisotopic (exact) mass is 408 g/mol. The fraction of sp³-hybridized carbons (Fsp3) is 0.115. The Morgan fingerprint density at radius 3 is 2.32 bits per heavy atom. The molecule has 0 spiro atoms. The molecule has 154 valence electrons. The van der Waals surface area contributed by atoms with Gasteiger partial charge in [-0.3, -0.25) is 14.8 Å². The Labute approximate surface area is 182 Å². The quantitative estimate of drug-likeness (QED) is 0.456. The molecule has 2 N–H and O–H groups in total. The summed E-state index contributed by atoms with van der Waals surface area (Å²) in [7, 11) is 0. The average Bonchev–Trinajstić information content (AvgIpc) is 2.83. The Morgan fingerprint density at radius 2 is 1.61 bits per heavy atom. The molecule has 0 bridgehead atoms. The zero-order chi connectivity index (χ0) is 21.5. The van der Waals surface area contributed by atoms with E-state index in [1.807, 2.05) is 85.8 Å². The maximum Gasteiger partial charge on any atom is 0.252 e. The molecule has 0 radical (unpaired) electrons. The van der Waals surface area contributed by atoms with E-state index in [0.29, 0.717) is 12.1 Å². The number of carbonyl (C=O) groups is 1. The first-order valence-electron chi connectivity index (χ1n) is 10.2. The molecule has 1 amide bonds. The molecule has 1 unspecified atom stereocenters. The van der Waals surface area contributed by atoms with Crippen LogP contribution >= 0.6 is 0 Å². The Kier molecular flexibility index (Phi) is 6.33. The Morgan fingerprint density at radius 1 is 0.871 bits per heavy atom. The molecule has 0 aliphatic rings. The highest BCUT2D eigenvalue weighted by atomic mass is 16.1. The number of benzene rings is 2. The molecule has 2 aromatic heterocycles. The largest absolute Gasteiger partial charge is 0.379 e. The summed E-state index contributed by atoms with van der Waals surface area (Å²) in [6.45, 7) is 2.63. The van der Waals surface area contributed by atoms with E-state index in [4.69, 9.17) is 0 Å². The standard InChI is InChI=1S/C26H24N4O/c1-19-17-22(10-11-24(19)29-18-23-9-5-6-14-28-23)26(31)30-25(20-7-3-2-4-8-20)21-12-15-27-16-13-21/h2-17,25,29H,18H2,1H3,(H,30,31). The van der Waals surface area contributed by atoms with Crippen LogP contribution in [-0.4, -0.2) is 15.9 Å². The first kappa shape index (κ1) is 20.3. The third-order valence-electron chi connectivity index (χ3n) is 5.12. The average molecular weight is 409 g/mol. The summed E-state index contributed by atoms with van der Waals surface area (Å²) < 4.78 is 0. The van der Waals surface area contributed by atoms with Crippen LogP contribution in [0.25, 0.3) is 0 Å². The minimum Gasteiger partial charge on any atom is -0.379 e. The van der Waals surface area contributed by atoms with E-state index in [0.717, 1.165) is 28.1 Å². The summed E-state index contributed by atoms with van der Waals surface area (Å²) in [5.74, 6) is -0.120. The van der Waals surface area contributed by atoms with Gasteiger partial charge in [0.2, 0.25) is 0 Å². The lowest BCUT2D eigenvalue weighted by Crippen LogP contribution is -2.29. The summed E-state index contributed by atoms with van der Waals surface area (Å²) in [5, 5.41) is 6.56. The zero-order valence-electron chi connectivity index (χ0n) is 17.3. The molecule has 0 saturated carbocycles. The van der Waals surface area contributed by atoms with Gasteiger partial charge in [0.15, 0.2) is 0 Å². The maximum atomic E-state index is 13.1. The minimum absolute atomic E-state index is 0.120. The lowest BCUT2D eigenvalue weighted by atomic mass is 9.99. The number of nitrogens with zero attached hydrogens (tertiary/aromatic N) is 2. The smallest absolute Gasteiger partial charge is 0.252 e. The van der Waals surface area contributed by atoms with Crippen molar-refractivity contribution in [1.82, 2.24) is 15.3 Å². The Hall–Kier alpha value is -3.99. The van der Waals surface area contributed by atoms with Crippen LogP contribution < -0.4 is 10.6 Å². The number of hydrogen-bond donors (Lipinski definition) is 2. The van der Waals surface area contributed by atoms with Crippen molar-refractivity contribution >= 4 is 11.6 Å². The topological polar surface area (TPSA) is 66.9 Å². The molecule has 4 aromatic rings. The second kappa shape index (κ2) is 9.67. The molecule has 0 fully saturated rings. The fourth-order valence-corrected chi connectivity index (χ4v) is 3.47. The van der Waals surface area contributed by atoms with Gasteiger partial charge in [0.25, 0.3) is 5.91 Å². The van der Waals surface area contributed by atoms with E-state index < -0.39 is 0 Å². The second-order valence-electron chi connectivity index (χ2n) is 7.30. The van der Waals surface area contributed by atoms with Gasteiger partial charge in [-0.2, -0.15) is 0 Å². The van der Waals surface area contributed by atoms with Gasteiger partial charge in [-0.05, 0) is 66.1 Å². The maximum absolute atomic E-state index is 13.1. The zero-order valence-corrected chi connectivity index (χ0v) is 17.3. The molecule has 2 heterocycles. The fourth-order valence-electron chi connectivity index (χ4n) is 3.47. The van der Waals surface area contributed by atoms with Gasteiger partial charge in [-0.25, -0.2) is 0 Å². The highest BCUT2D eigenvalue weighted by molar-refractivity contribution is 5.95. The van der Waals surface area contributed by atoms with Crippen molar-refractivity contribution in [1.29, 1.82) is 0 Å². The third kappa shape index (κ3) is 5.14. The van der Waals surface area contributed by atoms with Gasteiger partial charge in [0.05, 0.1) is 18.3 Å². The van der Waals surface area contributed by atoms with Crippen molar-refractivity contribution in [3.05, 3.63) is 125 Å². The molecule has 0 aliphatic heterocycles. The second-order valence-corrected chi connectivity index (χ2v) is 7.30. The van der Waals surface area contributed by atoms with E-state index in [-0.39, 0.29) is 11.9 Å². The molecular weight excluding hydrogens is 384 g/mol. The van der Waals surface area contributed by atoms with Crippen molar-refractivity contribution in [3.8, 4) is 0 Å². The van der Waals surface area contributed by atoms with Crippen LogP contribution in [0.4, 0.5) is 5.69 Å². The lowest BCUT2D eigenvalue weighted by Gasteiger charge is -2.20. The highest BCUT2D eigenvalue weighted by Gasteiger charge is 2.18. The van der Waals surface area contributed by atoms with Gasteiger partial charge < -0.3 is 10.6 Å². The van der Waals surface area contributed by atoms with E-state index in [1.54, 1.807) is 18.6 Å². The number of amides is 1. The van der Waals surface area contributed by atoms with Crippen LogP contribution in [0.3, 0.4) is 0 Å². The van der Waals surface area contributed by atoms with E-state index >= 15 is 0 Å². The van der Waals surface area contributed by atoms with Crippen molar-refractivity contribution in [3.63, 3.8) is 0 Å². The van der Waals surface area contributed by atoms with Gasteiger partial charge in [0.1, 0.15) is 0 Å². The van der Waals surface area contributed by atoms with Crippen LogP contribution in [0, 0.1) is 6.92 Å². The molecular formula is C26H24N4O. The normalized spacial score (nSPS) is 11.5. The van der Waals surface area contributed by atoms with E-state index in [9.17, 15) is 4.79 Å². The first-order valence-corrected chi connectivity index (χ1v) is 10.2. The predicted molar refractivity (Wildman–Crippen MR) is 123 cm³/mol. The van der Waals surface area contributed by atoms with Crippen LogP contribution in [-0.2, 0) is 6.54 Å². The molecule has 4 rings (SSSR count). The molecule has 2 aromatic carbocycles. The molecule has 0 aliphatic carbocycles. The SMILES string of the molecule is Cc1cc(C(=O)NC(c2ccccc2)c2ccncc2)ccc1NCc1ccccn1. The van der Waals surface area contributed by atoms with E-state index in [1.165, 1.54) is 0 Å². The van der Waals surface area contributed by atoms with E-state index in [2.05, 4.69) is 20.6 Å². The Balaban J connectivity index is 1.50. The van der Waals surface area contributed by atoms with Gasteiger partial charge >= 0.3 is 0 Å². The lowest BCUT2D eigenvalue weighted by molar-refractivity contribution is 0.0943. The van der Waals surface area contributed by atoms with Gasteiger partial charge in [-0.1, -0.05) is 36.4 Å². The predicted octanol–water partition coefficient (Wildman–Crippen LogP) is 4.92. The first-order chi connectivity index (χ1) is 15.2. The van der Waals surface area contributed by atoms with Crippen LogP contribution in [0.2, 0.25) is 0 Å². The molecule has 1 atom stereocenters. The van der Waals surface area contributed by atoms with Crippen molar-refractivity contribution in [2.24, 2.45) is 0 Å². The number of aryl methyl sites for hydroxylation is 1. The van der Waals surface area contributed by atoms with Crippen LogP contribution in [0.15, 0.2) is 97.5 Å². The van der Waals surface area contributed by atoms with Crippen LogP contribution in [0.5, 0.6) is 0 Å². The van der Waals surface area contributed by atoms with Crippen molar-refractivity contribution in [2.75, 3.05) is 5.32 Å². The summed E-state index contributed by atoms with van der Waals surface area (Å²) in [6, 6.07) is 25.1. The minimum atomic E-state index is -0.251. The molecule has 31 heavy (non-hydrogen) atoms.